The molecule has 1 aromatic rings. The zero-order chi connectivity index (χ0) is 10.6. The second kappa shape index (κ2) is 4.33. The van der Waals surface area contributed by atoms with Crippen molar-refractivity contribution >= 4 is 5.69 Å². The Hall–Kier alpha value is -1.96. The van der Waals surface area contributed by atoms with Crippen LogP contribution < -0.4 is 0 Å². The summed E-state index contributed by atoms with van der Waals surface area (Å²) in [7, 11) is 0. The second-order valence-corrected chi connectivity index (χ2v) is 2.69. The first-order valence-electron chi connectivity index (χ1n) is 3.95. The Morgan fingerprint density at radius 3 is 2.79 bits per heavy atom. The maximum Gasteiger partial charge on any atom is 0.272 e. The van der Waals surface area contributed by atoms with E-state index in [4.69, 9.17) is 5.26 Å². The van der Waals surface area contributed by atoms with Crippen molar-refractivity contribution in [2.24, 2.45) is 0 Å². The van der Waals surface area contributed by atoms with E-state index in [-0.39, 0.29) is 18.5 Å². The van der Waals surface area contributed by atoms with Crippen LogP contribution in [0.4, 0.5) is 10.1 Å². The molecular formula is C9H7FN2O2. The fourth-order valence-corrected chi connectivity index (χ4v) is 1.04. The van der Waals surface area contributed by atoms with E-state index in [1.807, 2.05) is 6.07 Å². The van der Waals surface area contributed by atoms with Crippen LogP contribution in [-0.4, -0.2) is 4.92 Å². The number of nitriles is 1. The molecule has 0 radical (unpaired) electrons. The number of benzene rings is 1. The molecule has 5 heteroatoms. The first-order chi connectivity index (χ1) is 6.65. The van der Waals surface area contributed by atoms with Crippen molar-refractivity contribution in [2.75, 3.05) is 0 Å². The van der Waals surface area contributed by atoms with Gasteiger partial charge in [0.15, 0.2) is 0 Å². The maximum atomic E-state index is 13.1. The Morgan fingerprint density at radius 2 is 2.29 bits per heavy atom. The van der Waals surface area contributed by atoms with Crippen molar-refractivity contribution in [1.29, 1.82) is 5.26 Å². The van der Waals surface area contributed by atoms with E-state index in [9.17, 15) is 14.5 Å². The van der Waals surface area contributed by atoms with Gasteiger partial charge in [-0.05, 0) is 18.1 Å². The lowest BCUT2D eigenvalue weighted by Crippen LogP contribution is -1.93. The van der Waals surface area contributed by atoms with Crippen LogP contribution >= 0.6 is 0 Å². The minimum atomic E-state index is -0.656. The number of nitrogens with zero attached hydrogens (tertiary/aromatic N) is 2. The van der Waals surface area contributed by atoms with Crippen molar-refractivity contribution in [2.45, 2.75) is 12.8 Å². The highest BCUT2D eigenvalue weighted by molar-refractivity contribution is 5.34. The number of non-ortho nitro benzene ring substituents is 1. The molecule has 0 fully saturated rings. The first-order valence-corrected chi connectivity index (χ1v) is 3.95. The lowest BCUT2D eigenvalue weighted by molar-refractivity contribution is -0.385. The van der Waals surface area contributed by atoms with E-state index in [0.717, 1.165) is 6.07 Å². The highest BCUT2D eigenvalue weighted by atomic mass is 19.1. The summed E-state index contributed by atoms with van der Waals surface area (Å²) in [6.45, 7) is 0. The Bertz CT molecular complexity index is 398. The molecule has 0 saturated carbocycles. The molecule has 14 heavy (non-hydrogen) atoms. The van der Waals surface area contributed by atoms with E-state index >= 15 is 0 Å². The molecule has 4 nitrogen and oxygen atoms in total. The third-order valence-corrected chi connectivity index (χ3v) is 1.75. The highest BCUT2D eigenvalue weighted by Crippen LogP contribution is 2.17. The molecule has 72 valence electrons. The van der Waals surface area contributed by atoms with Gasteiger partial charge in [0.05, 0.1) is 17.1 Å². The molecule has 0 aliphatic heterocycles. The molecule has 0 heterocycles. The van der Waals surface area contributed by atoms with Crippen molar-refractivity contribution in [3.05, 3.63) is 39.7 Å². The number of rotatable bonds is 3. The van der Waals surface area contributed by atoms with E-state index in [1.165, 1.54) is 12.1 Å². The normalized spacial score (nSPS) is 9.43. The second-order valence-electron chi connectivity index (χ2n) is 2.69. The fraction of sp³-hybridized carbons (Fsp3) is 0.222. The summed E-state index contributed by atoms with van der Waals surface area (Å²) in [4.78, 5) is 9.61. The average Bonchev–Trinajstić information content (AvgIpc) is 2.15. The van der Waals surface area contributed by atoms with Crippen LogP contribution in [0.25, 0.3) is 0 Å². The van der Waals surface area contributed by atoms with Gasteiger partial charge in [0.1, 0.15) is 5.82 Å². The Morgan fingerprint density at radius 1 is 1.57 bits per heavy atom. The lowest BCUT2D eigenvalue weighted by atomic mass is 10.1. The monoisotopic (exact) mass is 194 g/mol. The van der Waals surface area contributed by atoms with Gasteiger partial charge in [0.2, 0.25) is 0 Å². The lowest BCUT2D eigenvalue weighted by Gasteiger charge is -1.99. The van der Waals surface area contributed by atoms with Gasteiger partial charge in [-0.3, -0.25) is 10.1 Å². The molecule has 0 atom stereocenters. The van der Waals surface area contributed by atoms with Crippen LogP contribution in [0.2, 0.25) is 0 Å². The van der Waals surface area contributed by atoms with Gasteiger partial charge in [-0.2, -0.15) is 5.26 Å². The quantitative estimate of drug-likeness (QED) is 0.547. The molecule has 1 aromatic carbocycles. The number of nitro benzene ring substituents is 1. The van der Waals surface area contributed by atoms with Crippen LogP contribution in [0.3, 0.4) is 0 Å². The van der Waals surface area contributed by atoms with Gasteiger partial charge < -0.3 is 0 Å². The molecule has 0 N–H and O–H groups in total. The summed E-state index contributed by atoms with van der Waals surface area (Å²) >= 11 is 0. The van der Waals surface area contributed by atoms with Gasteiger partial charge >= 0.3 is 0 Å². The molecule has 0 saturated heterocycles. The molecule has 1 rings (SSSR count). The number of halogens is 1. The van der Waals surface area contributed by atoms with Crippen LogP contribution in [-0.2, 0) is 6.42 Å². The van der Waals surface area contributed by atoms with E-state index in [2.05, 4.69) is 0 Å². The van der Waals surface area contributed by atoms with Gasteiger partial charge in [-0.1, -0.05) is 0 Å². The Kier molecular flexibility index (Phi) is 3.13. The van der Waals surface area contributed by atoms with Gasteiger partial charge in [-0.15, -0.1) is 0 Å². The highest BCUT2D eigenvalue weighted by Gasteiger charge is 2.09. The summed E-state index contributed by atoms with van der Waals surface area (Å²) in [6.07, 6.45) is 0.481. The molecule has 0 spiro atoms. The Balaban J connectivity index is 2.91. The zero-order valence-electron chi connectivity index (χ0n) is 7.24. The van der Waals surface area contributed by atoms with Gasteiger partial charge in [0, 0.05) is 12.5 Å². The number of nitro groups is 1. The van der Waals surface area contributed by atoms with Crippen LogP contribution in [0.1, 0.15) is 12.0 Å². The van der Waals surface area contributed by atoms with Crippen LogP contribution in [0, 0.1) is 27.3 Å². The third-order valence-electron chi connectivity index (χ3n) is 1.75. The molecule has 0 aliphatic carbocycles. The standard InChI is InChI=1S/C9H7FN2O2/c10-9-6-8(12(13)14)4-3-7(9)2-1-5-11/h3-4,6H,1-2H2. The molecule has 0 unspecified atom stereocenters. The largest absolute Gasteiger partial charge is 0.272 e. The van der Waals surface area contributed by atoms with E-state index in [1.54, 1.807) is 0 Å². The molecule has 0 aliphatic rings. The van der Waals surface area contributed by atoms with E-state index < -0.39 is 10.7 Å². The summed E-state index contributed by atoms with van der Waals surface area (Å²) in [5.74, 6) is -0.630. The van der Waals surface area contributed by atoms with Crippen LogP contribution in [0.15, 0.2) is 18.2 Å². The van der Waals surface area contributed by atoms with Gasteiger partial charge in [0.25, 0.3) is 5.69 Å². The number of hydrogen-bond donors (Lipinski definition) is 0. The summed E-state index contributed by atoms with van der Waals surface area (Å²) in [5, 5.41) is 18.5. The number of hydrogen-bond acceptors (Lipinski definition) is 3. The predicted octanol–water partition coefficient (Wildman–Crippen LogP) is 2.19. The summed E-state index contributed by atoms with van der Waals surface area (Å²) in [6, 6.07) is 5.32. The SMILES string of the molecule is N#CCCc1ccc([N+](=O)[O-])cc1F. The maximum absolute atomic E-state index is 13.1. The molecular weight excluding hydrogens is 187 g/mol. The van der Waals surface area contributed by atoms with Crippen molar-refractivity contribution in [3.8, 4) is 6.07 Å². The van der Waals surface area contributed by atoms with Gasteiger partial charge in [-0.25, -0.2) is 4.39 Å². The summed E-state index contributed by atoms with van der Waals surface area (Å²) in [5.41, 5.74) is 0.0559. The molecule has 0 amide bonds. The minimum absolute atomic E-state index is 0.203. The third kappa shape index (κ3) is 2.26. The first kappa shape index (κ1) is 10.1. The topological polar surface area (TPSA) is 66.9 Å². The molecule has 0 aromatic heterocycles. The summed E-state index contributed by atoms with van der Waals surface area (Å²) < 4.78 is 13.1. The predicted molar refractivity (Wildman–Crippen MR) is 47.0 cm³/mol. The average molecular weight is 194 g/mol. The van der Waals surface area contributed by atoms with Crippen molar-refractivity contribution in [3.63, 3.8) is 0 Å². The Labute approximate surface area is 79.7 Å². The van der Waals surface area contributed by atoms with Crippen molar-refractivity contribution < 1.29 is 9.31 Å². The number of aryl methyl sites for hydroxylation is 1. The zero-order valence-corrected chi connectivity index (χ0v) is 7.24. The minimum Gasteiger partial charge on any atom is -0.258 e. The van der Waals surface area contributed by atoms with E-state index in [0.29, 0.717) is 5.56 Å². The molecule has 0 bridgehead atoms. The fourth-order valence-electron chi connectivity index (χ4n) is 1.04. The van der Waals surface area contributed by atoms with Crippen LogP contribution in [0.5, 0.6) is 0 Å². The van der Waals surface area contributed by atoms with Crippen molar-refractivity contribution in [1.82, 2.24) is 0 Å². The smallest absolute Gasteiger partial charge is 0.258 e.